The van der Waals surface area contributed by atoms with Crippen molar-refractivity contribution in [1.29, 1.82) is 0 Å². The van der Waals surface area contributed by atoms with Gasteiger partial charge >= 0.3 is 0 Å². The fourth-order valence-corrected chi connectivity index (χ4v) is 12.6. The summed E-state index contributed by atoms with van der Waals surface area (Å²) in [7, 11) is -0.0327. The average Bonchev–Trinajstić information content (AvgIpc) is 3.21. The Kier molecular flexibility index (Phi) is 8.42. The Labute approximate surface area is 200 Å². The number of methoxy groups -OCH3 is 1. The third-order valence-electron chi connectivity index (χ3n) is 9.05. The summed E-state index contributed by atoms with van der Waals surface area (Å²) in [6, 6.07) is 0.518. The molecule has 1 saturated heterocycles. The van der Waals surface area contributed by atoms with Gasteiger partial charge in [0.15, 0.2) is 0 Å². The minimum Gasteiger partial charge on any atom is -0.545 e. The number of allylic oxidation sites excluding steroid dienone is 2. The Balaban J connectivity index is 1.84. The molecule has 3 aliphatic rings. The van der Waals surface area contributed by atoms with Crippen LogP contribution in [0, 0.1) is 5.92 Å². The number of nitrogens with zero attached hydrogens (tertiary/aromatic N) is 1. The first kappa shape index (κ1) is 26.0. The Morgan fingerprint density at radius 3 is 2.25 bits per heavy atom. The van der Waals surface area contributed by atoms with E-state index < -0.39 is 8.32 Å². The minimum atomic E-state index is -1.90. The normalized spacial score (nSPS) is 25.7. The lowest BCUT2D eigenvalue weighted by Crippen LogP contribution is -2.48. The fourth-order valence-electron chi connectivity index (χ4n) is 7.27. The van der Waals surface area contributed by atoms with Crippen molar-refractivity contribution in [1.82, 2.24) is 4.90 Å². The second kappa shape index (κ2) is 10.4. The molecule has 0 aromatic rings. The van der Waals surface area contributed by atoms with Crippen molar-refractivity contribution in [2.24, 2.45) is 5.92 Å². The maximum Gasteiger partial charge on any atom is 0.258 e. The van der Waals surface area contributed by atoms with Crippen LogP contribution < -0.4 is 0 Å². The van der Waals surface area contributed by atoms with Crippen molar-refractivity contribution in [3.05, 3.63) is 23.0 Å². The average molecular weight is 462 g/mol. The topological polar surface area (TPSA) is 21.7 Å². The maximum absolute atomic E-state index is 7.28. The standard InChI is InChI=1S/C28H51NO2Si/c1-20(2)32(21(3)4,22(5)6)31-26-17-16-23(24-13-10-11-14-25(24)26)19-29-18-12-15-27(29)28(7,8)30-9/h16,20-22,24,27H,10-15,17-19H2,1-9H3/t24?,27-/m0/s1. The van der Waals surface area contributed by atoms with Gasteiger partial charge in [0.1, 0.15) is 0 Å². The number of likely N-dealkylation sites (tertiary alicyclic amines) is 1. The summed E-state index contributed by atoms with van der Waals surface area (Å²) in [6.07, 6.45) is 11.3. The lowest BCUT2D eigenvalue weighted by atomic mass is 9.75. The predicted molar refractivity (Wildman–Crippen MR) is 139 cm³/mol. The number of fused-ring (bicyclic) bond motifs is 1. The zero-order valence-corrected chi connectivity index (χ0v) is 23.6. The predicted octanol–water partition coefficient (Wildman–Crippen LogP) is 7.84. The summed E-state index contributed by atoms with van der Waals surface area (Å²) < 4.78 is 13.2. The fraction of sp³-hybridized carbons (Fsp3) is 0.857. The molecule has 0 bridgehead atoms. The van der Waals surface area contributed by atoms with Gasteiger partial charge in [-0.1, -0.05) is 59.6 Å². The Morgan fingerprint density at radius 2 is 1.66 bits per heavy atom. The SMILES string of the molecule is COC(C)(C)[C@@H]1CCCN1CC1=CCC(O[Si](C(C)C)(C(C)C)C(C)C)=C2CCCCC12. The molecule has 1 unspecified atom stereocenters. The first-order valence-corrected chi connectivity index (χ1v) is 15.6. The van der Waals surface area contributed by atoms with E-state index in [1.54, 1.807) is 11.1 Å². The Bertz CT molecular complexity index is 684. The van der Waals surface area contributed by atoms with E-state index in [1.165, 1.54) is 50.8 Å². The highest BCUT2D eigenvalue weighted by molar-refractivity contribution is 6.77. The van der Waals surface area contributed by atoms with E-state index in [2.05, 4.69) is 66.4 Å². The Hall–Kier alpha value is -0.583. The van der Waals surface area contributed by atoms with Gasteiger partial charge in [0.05, 0.1) is 11.4 Å². The van der Waals surface area contributed by atoms with E-state index in [0.29, 0.717) is 28.6 Å². The molecule has 2 aliphatic carbocycles. The van der Waals surface area contributed by atoms with Crippen molar-refractivity contribution in [3.8, 4) is 0 Å². The summed E-state index contributed by atoms with van der Waals surface area (Å²) in [5.41, 5.74) is 5.13. The maximum atomic E-state index is 7.28. The van der Waals surface area contributed by atoms with Gasteiger partial charge < -0.3 is 9.16 Å². The highest BCUT2D eigenvalue weighted by Crippen LogP contribution is 2.48. The molecule has 32 heavy (non-hydrogen) atoms. The first-order valence-electron chi connectivity index (χ1n) is 13.4. The second-order valence-corrected chi connectivity index (χ2v) is 17.5. The summed E-state index contributed by atoms with van der Waals surface area (Å²) in [5, 5.41) is 0. The molecule has 0 N–H and O–H groups in total. The smallest absolute Gasteiger partial charge is 0.258 e. The van der Waals surface area contributed by atoms with Gasteiger partial charge in [-0.15, -0.1) is 0 Å². The van der Waals surface area contributed by atoms with E-state index in [-0.39, 0.29) is 5.60 Å². The summed E-state index contributed by atoms with van der Waals surface area (Å²) in [4.78, 5) is 2.71. The van der Waals surface area contributed by atoms with Crippen LogP contribution in [-0.4, -0.2) is 45.1 Å². The zero-order chi connectivity index (χ0) is 23.7. The van der Waals surface area contributed by atoms with Crippen LogP contribution in [0.3, 0.4) is 0 Å². The number of rotatable bonds is 9. The van der Waals surface area contributed by atoms with E-state index in [9.17, 15) is 0 Å². The highest BCUT2D eigenvalue weighted by atomic mass is 28.4. The molecule has 0 spiro atoms. The van der Waals surface area contributed by atoms with Crippen LogP contribution in [0.2, 0.25) is 16.6 Å². The van der Waals surface area contributed by atoms with E-state index >= 15 is 0 Å². The van der Waals surface area contributed by atoms with Crippen molar-refractivity contribution < 1.29 is 9.16 Å². The van der Waals surface area contributed by atoms with Crippen molar-refractivity contribution in [2.45, 2.75) is 129 Å². The zero-order valence-electron chi connectivity index (χ0n) is 22.6. The van der Waals surface area contributed by atoms with Crippen LogP contribution in [0.5, 0.6) is 0 Å². The van der Waals surface area contributed by atoms with Gasteiger partial charge in [0, 0.05) is 32.0 Å². The van der Waals surface area contributed by atoms with Crippen LogP contribution >= 0.6 is 0 Å². The molecule has 4 heteroatoms. The lowest BCUT2D eigenvalue weighted by molar-refractivity contribution is -0.0384. The molecular weight excluding hydrogens is 410 g/mol. The molecule has 1 heterocycles. The van der Waals surface area contributed by atoms with Gasteiger partial charge in [0.25, 0.3) is 8.32 Å². The lowest BCUT2D eigenvalue weighted by Gasteiger charge is -2.45. The molecule has 0 amide bonds. The molecule has 0 radical (unpaired) electrons. The minimum absolute atomic E-state index is 0.0811. The van der Waals surface area contributed by atoms with Crippen molar-refractivity contribution in [2.75, 3.05) is 20.2 Å². The quantitative estimate of drug-likeness (QED) is 0.258. The summed E-state index contributed by atoms with van der Waals surface area (Å²) in [6.45, 7) is 21.3. The molecule has 2 atom stereocenters. The van der Waals surface area contributed by atoms with Crippen LogP contribution in [-0.2, 0) is 9.16 Å². The van der Waals surface area contributed by atoms with Gasteiger partial charge in [-0.25, -0.2) is 0 Å². The number of ether oxygens (including phenoxy) is 1. The molecule has 184 valence electrons. The van der Waals surface area contributed by atoms with Crippen molar-refractivity contribution in [3.63, 3.8) is 0 Å². The van der Waals surface area contributed by atoms with Gasteiger partial charge in [0.2, 0.25) is 0 Å². The molecule has 0 aromatic carbocycles. The Morgan fingerprint density at radius 1 is 1.00 bits per heavy atom. The monoisotopic (exact) mass is 461 g/mol. The number of hydrogen-bond acceptors (Lipinski definition) is 3. The van der Waals surface area contributed by atoms with Crippen LogP contribution in [0.15, 0.2) is 23.0 Å². The van der Waals surface area contributed by atoms with Gasteiger partial charge in [-0.3, -0.25) is 4.90 Å². The first-order chi connectivity index (χ1) is 15.0. The van der Waals surface area contributed by atoms with Crippen LogP contribution in [0.1, 0.15) is 100 Å². The third kappa shape index (κ3) is 4.93. The van der Waals surface area contributed by atoms with E-state index in [4.69, 9.17) is 9.16 Å². The second-order valence-electron chi connectivity index (χ2n) is 12.1. The molecule has 3 rings (SSSR count). The molecule has 2 fully saturated rings. The highest BCUT2D eigenvalue weighted by Gasteiger charge is 2.48. The molecule has 0 aromatic heterocycles. The van der Waals surface area contributed by atoms with Crippen molar-refractivity contribution >= 4 is 8.32 Å². The van der Waals surface area contributed by atoms with Gasteiger partial charge in [-0.2, -0.15) is 0 Å². The molecule has 1 saturated carbocycles. The summed E-state index contributed by atoms with van der Waals surface area (Å²) in [5.74, 6) is 1.98. The summed E-state index contributed by atoms with van der Waals surface area (Å²) >= 11 is 0. The molecule has 1 aliphatic heterocycles. The van der Waals surface area contributed by atoms with Crippen LogP contribution in [0.25, 0.3) is 0 Å². The number of hydrogen-bond donors (Lipinski definition) is 0. The van der Waals surface area contributed by atoms with Crippen LogP contribution in [0.4, 0.5) is 0 Å². The molecular formula is C28H51NO2Si. The third-order valence-corrected chi connectivity index (χ3v) is 15.1. The van der Waals surface area contributed by atoms with E-state index in [0.717, 1.165) is 13.0 Å². The molecule has 3 nitrogen and oxygen atoms in total. The van der Waals surface area contributed by atoms with Gasteiger partial charge in [-0.05, 0) is 74.7 Å². The largest absolute Gasteiger partial charge is 0.545 e. The van der Waals surface area contributed by atoms with E-state index in [1.807, 2.05) is 7.11 Å².